The van der Waals surface area contributed by atoms with Gasteiger partial charge in [0.1, 0.15) is 11.6 Å². The number of hydrogen-bond donors (Lipinski definition) is 1. The van der Waals surface area contributed by atoms with Crippen LogP contribution in [0.2, 0.25) is 0 Å². The minimum absolute atomic E-state index is 0.0582. The minimum Gasteiger partial charge on any atom is -0.376 e. The van der Waals surface area contributed by atoms with Gasteiger partial charge >= 0.3 is 0 Å². The minimum atomic E-state index is -0.575. The predicted molar refractivity (Wildman–Crippen MR) is 83.2 cm³/mol. The smallest absolute Gasteiger partial charge is 0.145 e. The van der Waals surface area contributed by atoms with E-state index in [1.165, 1.54) is 12.1 Å². The topological polar surface area (TPSA) is 21.3 Å². The van der Waals surface area contributed by atoms with E-state index in [0.29, 0.717) is 5.92 Å². The van der Waals surface area contributed by atoms with Gasteiger partial charge in [-0.15, -0.1) is 0 Å². The molecule has 1 saturated carbocycles. The zero-order valence-corrected chi connectivity index (χ0v) is 14.3. The Morgan fingerprint density at radius 3 is 2.71 bits per heavy atom. The molecule has 0 radical (unpaired) electrons. The van der Waals surface area contributed by atoms with E-state index >= 15 is 0 Å². The second-order valence-corrected chi connectivity index (χ2v) is 6.80. The van der Waals surface area contributed by atoms with Gasteiger partial charge in [0.05, 0.1) is 16.1 Å². The van der Waals surface area contributed by atoms with Crippen molar-refractivity contribution in [2.75, 3.05) is 14.2 Å². The van der Waals surface area contributed by atoms with Crippen LogP contribution in [-0.4, -0.2) is 19.8 Å². The van der Waals surface area contributed by atoms with Crippen LogP contribution in [0.1, 0.15) is 44.2 Å². The van der Waals surface area contributed by atoms with Gasteiger partial charge in [-0.1, -0.05) is 19.8 Å². The highest BCUT2D eigenvalue weighted by atomic mass is 79.9. The van der Waals surface area contributed by atoms with Gasteiger partial charge in [-0.25, -0.2) is 8.78 Å². The third-order valence-corrected chi connectivity index (χ3v) is 5.19. The van der Waals surface area contributed by atoms with Gasteiger partial charge in [-0.3, -0.25) is 0 Å². The molecule has 1 aliphatic carbocycles. The van der Waals surface area contributed by atoms with Gasteiger partial charge in [-0.2, -0.15) is 0 Å². The molecule has 3 atom stereocenters. The Morgan fingerprint density at radius 2 is 2.14 bits per heavy atom. The lowest BCUT2D eigenvalue weighted by molar-refractivity contribution is -0.0804. The molecule has 3 unspecified atom stereocenters. The van der Waals surface area contributed by atoms with E-state index in [0.717, 1.165) is 25.7 Å². The third-order valence-electron chi connectivity index (χ3n) is 4.58. The molecule has 2 rings (SSSR count). The molecule has 1 aliphatic rings. The monoisotopic (exact) mass is 361 g/mol. The summed E-state index contributed by atoms with van der Waals surface area (Å²) in [6.45, 7) is 2.16. The molecular formula is C16H22BrF2NO. The first-order valence-electron chi connectivity index (χ1n) is 7.31. The molecule has 0 saturated heterocycles. The number of nitrogens with one attached hydrogen (secondary N) is 1. The van der Waals surface area contributed by atoms with Crippen molar-refractivity contribution in [3.8, 4) is 0 Å². The lowest BCUT2D eigenvalue weighted by Crippen LogP contribution is -2.48. The average molecular weight is 362 g/mol. The molecule has 2 nitrogen and oxygen atoms in total. The fraction of sp³-hybridized carbons (Fsp3) is 0.625. The lowest BCUT2D eigenvalue weighted by atomic mass is 9.72. The van der Waals surface area contributed by atoms with Gasteiger partial charge in [-0.05, 0) is 53.9 Å². The molecule has 0 aliphatic heterocycles. The molecule has 0 spiro atoms. The van der Waals surface area contributed by atoms with Crippen LogP contribution in [-0.2, 0) is 4.74 Å². The lowest BCUT2D eigenvalue weighted by Gasteiger charge is -2.44. The molecule has 5 heteroatoms. The van der Waals surface area contributed by atoms with E-state index in [1.807, 2.05) is 0 Å². The molecule has 0 heterocycles. The second kappa shape index (κ2) is 6.71. The summed E-state index contributed by atoms with van der Waals surface area (Å²) < 4.78 is 34.8. The highest BCUT2D eigenvalue weighted by molar-refractivity contribution is 9.10. The molecule has 1 aromatic rings. The number of rotatable bonds is 4. The average Bonchev–Trinajstić information content (AvgIpc) is 2.47. The Kier molecular flexibility index (Phi) is 5.38. The quantitative estimate of drug-likeness (QED) is 0.792. The fourth-order valence-corrected chi connectivity index (χ4v) is 3.93. The van der Waals surface area contributed by atoms with Gasteiger partial charge in [0, 0.05) is 12.7 Å². The van der Waals surface area contributed by atoms with Crippen molar-refractivity contribution in [3.05, 3.63) is 33.8 Å². The number of benzene rings is 1. The molecular weight excluding hydrogens is 340 g/mol. The number of likely N-dealkylation sites (N-methyl/N-ethyl adjacent to an activating group) is 1. The zero-order valence-electron chi connectivity index (χ0n) is 12.7. The molecule has 118 valence electrons. The van der Waals surface area contributed by atoms with Gasteiger partial charge in [0.25, 0.3) is 0 Å². The summed E-state index contributed by atoms with van der Waals surface area (Å²) in [6, 6.07) is 2.18. The van der Waals surface area contributed by atoms with Crippen molar-refractivity contribution < 1.29 is 13.5 Å². The van der Waals surface area contributed by atoms with Crippen molar-refractivity contribution in [2.45, 2.75) is 44.2 Å². The van der Waals surface area contributed by atoms with Crippen molar-refractivity contribution in [1.29, 1.82) is 0 Å². The van der Waals surface area contributed by atoms with Crippen LogP contribution in [0.3, 0.4) is 0 Å². The third kappa shape index (κ3) is 3.15. The van der Waals surface area contributed by atoms with Crippen molar-refractivity contribution in [2.24, 2.45) is 5.92 Å². The molecule has 1 fully saturated rings. The fourth-order valence-electron chi connectivity index (χ4n) is 3.59. The Balaban J connectivity index is 2.50. The number of ether oxygens (including phenoxy) is 1. The zero-order chi connectivity index (χ0) is 15.6. The maximum Gasteiger partial charge on any atom is 0.145 e. The van der Waals surface area contributed by atoms with Crippen LogP contribution in [0.25, 0.3) is 0 Å². The Hall–Kier alpha value is -0.520. The molecule has 0 aromatic heterocycles. The summed E-state index contributed by atoms with van der Waals surface area (Å²) in [5.41, 5.74) is -0.516. The van der Waals surface area contributed by atoms with E-state index in [2.05, 4.69) is 28.2 Å². The van der Waals surface area contributed by atoms with Gasteiger partial charge < -0.3 is 10.1 Å². The summed E-state index contributed by atoms with van der Waals surface area (Å²) in [5.74, 6) is -0.610. The van der Waals surface area contributed by atoms with Crippen molar-refractivity contribution >= 4 is 15.9 Å². The van der Waals surface area contributed by atoms with E-state index in [4.69, 9.17) is 4.74 Å². The number of hydrogen-bond acceptors (Lipinski definition) is 2. The van der Waals surface area contributed by atoms with Crippen LogP contribution >= 0.6 is 15.9 Å². The molecule has 1 aromatic carbocycles. The number of halogens is 3. The van der Waals surface area contributed by atoms with E-state index in [-0.39, 0.29) is 10.0 Å². The van der Waals surface area contributed by atoms with Crippen molar-refractivity contribution in [1.82, 2.24) is 5.32 Å². The summed E-state index contributed by atoms with van der Waals surface area (Å²) >= 11 is 3.14. The normalized spacial score (nSPS) is 27.6. The first kappa shape index (κ1) is 16.8. The Morgan fingerprint density at radius 1 is 1.43 bits per heavy atom. The van der Waals surface area contributed by atoms with Crippen LogP contribution in [0.15, 0.2) is 16.6 Å². The molecule has 0 amide bonds. The highest BCUT2D eigenvalue weighted by Gasteiger charge is 2.44. The van der Waals surface area contributed by atoms with Crippen LogP contribution in [0.5, 0.6) is 0 Å². The van der Waals surface area contributed by atoms with E-state index in [1.54, 1.807) is 14.2 Å². The van der Waals surface area contributed by atoms with Gasteiger partial charge in [0.15, 0.2) is 0 Å². The maximum atomic E-state index is 14.5. The summed E-state index contributed by atoms with van der Waals surface area (Å²) in [7, 11) is 3.36. The SMILES string of the molecule is CNC(c1c(F)ccc(Br)c1F)C1(OC)CCCC(C)C1. The second-order valence-electron chi connectivity index (χ2n) is 5.95. The van der Waals surface area contributed by atoms with E-state index in [9.17, 15) is 8.78 Å². The van der Waals surface area contributed by atoms with Crippen LogP contribution < -0.4 is 5.32 Å². The molecule has 21 heavy (non-hydrogen) atoms. The van der Waals surface area contributed by atoms with Gasteiger partial charge in [0.2, 0.25) is 0 Å². The standard InChI is InChI=1S/C16H22BrF2NO/c1-10-5-4-8-16(9-10,21-3)15(20-2)13-12(18)7-6-11(17)14(13)19/h6-7,10,15,20H,4-5,8-9H2,1-3H3. The number of methoxy groups -OCH3 is 1. The molecule has 1 N–H and O–H groups in total. The first-order valence-corrected chi connectivity index (χ1v) is 8.10. The Bertz CT molecular complexity index is 511. The van der Waals surface area contributed by atoms with Crippen molar-refractivity contribution in [3.63, 3.8) is 0 Å². The summed E-state index contributed by atoms with van der Waals surface area (Å²) in [6.07, 6.45) is 3.72. The largest absolute Gasteiger partial charge is 0.376 e. The van der Waals surface area contributed by atoms with Crippen LogP contribution in [0.4, 0.5) is 8.78 Å². The molecule has 0 bridgehead atoms. The maximum absolute atomic E-state index is 14.5. The van der Waals surface area contributed by atoms with Crippen LogP contribution in [0, 0.1) is 17.6 Å². The first-order chi connectivity index (χ1) is 9.95. The Labute approximate surface area is 133 Å². The summed E-state index contributed by atoms with van der Waals surface area (Å²) in [5, 5.41) is 3.08. The summed E-state index contributed by atoms with van der Waals surface area (Å²) in [4.78, 5) is 0. The highest BCUT2D eigenvalue weighted by Crippen LogP contribution is 2.44. The predicted octanol–water partition coefficient (Wildman–Crippen LogP) is 4.58. The van der Waals surface area contributed by atoms with E-state index < -0.39 is 23.3 Å².